The van der Waals surface area contributed by atoms with Gasteiger partial charge < -0.3 is 10.2 Å². The van der Waals surface area contributed by atoms with Gasteiger partial charge in [0.25, 0.3) is 0 Å². The number of anilines is 2. The highest BCUT2D eigenvalue weighted by Gasteiger charge is 2.37. The van der Waals surface area contributed by atoms with Gasteiger partial charge in [-0.15, -0.1) is 11.8 Å². The van der Waals surface area contributed by atoms with Crippen molar-refractivity contribution >= 4 is 62.8 Å². The van der Waals surface area contributed by atoms with Gasteiger partial charge in [0.05, 0.1) is 17.1 Å². The number of hydrogen-bond donors (Lipinski definition) is 1. The first-order valence-electron chi connectivity index (χ1n) is 10.7. The number of urea groups is 1. The first kappa shape index (κ1) is 22.4. The van der Waals surface area contributed by atoms with E-state index < -0.39 is 0 Å². The molecule has 1 atom stereocenters. The summed E-state index contributed by atoms with van der Waals surface area (Å²) in [7, 11) is 0. The molecule has 1 saturated heterocycles. The summed E-state index contributed by atoms with van der Waals surface area (Å²) in [6.45, 7) is 1.26. The highest BCUT2D eigenvalue weighted by molar-refractivity contribution is 9.10. The number of rotatable bonds is 5. The molecule has 2 aliphatic rings. The van der Waals surface area contributed by atoms with Gasteiger partial charge in [-0.2, -0.15) is 0 Å². The molecule has 1 N–H and O–H groups in total. The molecule has 8 heteroatoms. The zero-order valence-corrected chi connectivity index (χ0v) is 21.0. The molecule has 3 aromatic rings. The molecule has 5 nitrogen and oxygen atoms in total. The van der Waals surface area contributed by atoms with E-state index in [9.17, 15) is 9.59 Å². The molecular weight excluding hydrogens is 518 g/mol. The summed E-state index contributed by atoms with van der Waals surface area (Å²) in [6.07, 6.45) is 0.760. The Hall–Kier alpha value is -2.42. The van der Waals surface area contributed by atoms with Crippen molar-refractivity contribution in [2.24, 2.45) is 0 Å². The number of nitrogens with zero attached hydrogens (tertiary/aromatic N) is 2. The predicted octanol–water partition coefficient (Wildman–Crippen LogP) is 6.43. The summed E-state index contributed by atoms with van der Waals surface area (Å²) in [6, 6.07) is 24.2. The van der Waals surface area contributed by atoms with E-state index in [1.807, 2.05) is 24.3 Å². The Morgan fingerprint density at radius 2 is 1.70 bits per heavy atom. The smallest absolute Gasteiger partial charge is 0.325 e. The van der Waals surface area contributed by atoms with Gasteiger partial charge in [-0.3, -0.25) is 4.79 Å². The molecule has 2 aliphatic heterocycles. The van der Waals surface area contributed by atoms with Gasteiger partial charge in [-0.1, -0.05) is 64.1 Å². The van der Waals surface area contributed by atoms with Crippen molar-refractivity contribution in [3.05, 3.63) is 82.8 Å². The van der Waals surface area contributed by atoms with E-state index in [0.717, 1.165) is 23.0 Å². The quantitative estimate of drug-likeness (QED) is 0.379. The Labute approximate surface area is 210 Å². The summed E-state index contributed by atoms with van der Waals surface area (Å²) in [4.78, 5) is 31.5. The lowest BCUT2D eigenvalue weighted by Gasteiger charge is -2.32. The van der Waals surface area contributed by atoms with Crippen molar-refractivity contribution in [3.8, 4) is 0 Å². The number of nitrogens with one attached hydrogen (secondary N) is 1. The zero-order chi connectivity index (χ0) is 22.8. The number of hydrogen-bond acceptors (Lipinski definition) is 5. The maximum Gasteiger partial charge on any atom is 0.325 e. The zero-order valence-electron chi connectivity index (χ0n) is 17.7. The normalized spacial score (nSPS) is 17.0. The van der Waals surface area contributed by atoms with Crippen LogP contribution in [-0.4, -0.2) is 35.7 Å². The fourth-order valence-electron chi connectivity index (χ4n) is 4.09. The van der Waals surface area contributed by atoms with Crippen molar-refractivity contribution in [2.75, 3.05) is 23.7 Å². The van der Waals surface area contributed by atoms with Crippen LogP contribution in [0, 0.1) is 0 Å². The minimum atomic E-state index is -0.329. The fourth-order valence-corrected chi connectivity index (χ4v) is 6.74. The van der Waals surface area contributed by atoms with Crippen LogP contribution in [0.1, 0.15) is 17.4 Å². The molecule has 0 aromatic heterocycles. The van der Waals surface area contributed by atoms with E-state index in [1.54, 1.807) is 11.8 Å². The molecule has 0 radical (unpaired) electrons. The second-order valence-corrected chi connectivity index (χ2v) is 10.8. The van der Waals surface area contributed by atoms with Crippen LogP contribution in [0.4, 0.5) is 16.2 Å². The number of para-hydroxylation sites is 2. The van der Waals surface area contributed by atoms with Gasteiger partial charge in [0, 0.05) is 27.4 Å². The lowest BCUT2D eigenvalue weighted by Crippen LogP contribution is -2.43. The summed E-state index contributed by atoms with van der Waals surface area (Å²) in [5, 5.41) is 2.67. The van der Waals surface area contributed by atoms with Crippen LogP contribution in [0.2, 0.25) is 0 Å². The average molecular weight is 541 g/mol. The average Bonchev–Trinajstić information content (AvgIpc) is 3.22. The molecule has 0 saturated carbocycles. The number of carbonyl (C=O) groups is 2. The van der Waals surface area contributed by atoms with Gasteiger partial charge in [0.15, 0.2) is 0 Å². The number of fused-ring (bicyclic) bond motifs is 2. The Kier molecular flexibility index (Phi) is 6.66. The van der Waals surface area contributed by atoms with E-state index in [0.29, 0.717) is 12.3 Å². The van der Waals surface area contributed by atoms with Crippen molar-refractivity contribution in [1.29, 1.82) is 0 Å². The van der Waals surface area contributed by atoms with Crippen LogP contribution in [0.15, 0.2) is 87.1 Å². The van der Waals surface area contributed by atoms with Crippen molar-refractivity contribution < 1.29 is 9.59 Å². The van der Waals surface area contributed by atoms with Crippen LogP contribution in [-0.2, 0) is 4.79 Å². The third kappa shape index (κ3) is 4.65. The van der Waals surface area contributed by atoms with Gasteiger partial charge in [-0.25, -0.2) is 9.69 Å². The Balaban J connectivity index is 1.24. The molecule has 0 aliphatic carbocycles. The minimum Gasteiger partial charge on any atom is -0.340 e. The van der Waals surface area contributed by atoms with Gasteiger partial charge in [0.2, 0.25) is 5.91 Å². The van der Waals surface area contributed by atoms with Gasteiger partial charge >= 0.3 is 6.03 Å². The standard InChI is InChI=1S/C25H22BrN3O2S2/c26-18-8-5-7-17(15-18)24-29(23(30)16-32-24)25(31)27-13-6-14-28-19-9-1-3-11-21(19)33-22-12-4-2-10-20(22)28/h1-5,7-12,15,24H,6,13-14,16H2,(H,27,31). The minimum absolute atomic E-state index is 0.154. The Bertz CT molecular complexity index is 1160. The highest BCUT2D eigenvalue weighted by Crippen LogP contribution is 2.47. The molecule has 3 amide bonds. The van der Waals surface area contributed by atoms with Crippen LogP contribution in [0.25, 0.3) is 0 Å². The molecule has 1 unspecified atom stereocenters. The van der Waals surface area contributed by atoms with Crippen LogP contribution in [0.3, 0.4) is 0 Å². The molecule has 168 valence electrons. The number of thioether (sulfide) groups is 1. The predicted molar refractivity (Wildman–Crippen MR) is 138 cm³/mol. The molecule has 1 fully saturated rings. The number of amides is 3. The number of carbonyl (C=O) groups excluding carboxylic acids is 2. The summed E-state index contributed by atoms with van der Waals surface area (Å²) in [5.41, 5.74) is 3.32. The third-order valence-corrected chi connectivity index (χ3v) is 8.42. The Morgan fingerprint density at radius 3 is 2.39 bits per heavy atom. The van der Waals surface area contributed by atoms with Crippen LogP contribution >= 0.6 is 39.5 Å². The van der Waals surface area contributed by atoms with Gasteiger partial charge in [-0.05, 0) is 48.4 Å². The SMILES string of the molecule is O=C1CSC(c2cccc(Br)c2)N1C(=O)NCCCN1c2ccccc2Sc2ccccc21. The van der Waals surface area contributed by atoms with Gasteiger partial charge in [0.1, 0.15) is 5.37 Å². The highest BCUT2D eigenvalue weighted by atomic mass is 79.9. The first-order chi connectivity index (χ1) is 16.1. The second kappa shape index (κ2) is 9.83. The summed E-state index contributed by atoms with van der Waals surface area (Å²) >= 11 is 6.74. The van der Waals surface area contributed by atoms with E-state index in [4.69, 9.17) is 0 Å². The van der Waals surface area contributed by atoms with Crippen molar-refractivity contribution in [1.82, 2.24) is 10.2 Å². The van der Waals surface area contributed by atoms with E-state index >= 15 is 0 Å². The van der Waals surface area contributed by atoms with Crippen molar-refractivity contribution in [3.63, 3.8) is 0 Å². The Morgan fingerprint density at radius 1 is 1.00 bits per heavy atom. The fraction of sp³-hybridized carbons (Fsp3) is 0.200. The maximum absolute atomic E-state index is 12.9. The monoisotopic (exact) mass is 539 g/mol. The molecular formula is C25H22BrN3O2S2. The van der Waals surface area contributed by atoms with Crippen LogP contribution in [0.5, 0.6) is 0 Å². The maximum atomic E-state index is 12.9. The van der Waals surface area contributed by atoms with Crippen LogP contribution < -0.4 is 10.2 Å². The molecule has 3 aromatic carbocycles. The molecule has 0 bridgehead atoms. The van der Waals surface area contributed by atoms with E-state index in [2.05, 4.69) is 74.7 Å². The third-order valence-electron chi connectivity index (χ3n) is 5.59. The summed E-state index contributed by atoms with van der Waals surface area (Å²) in [5.74, 6) is 0.155. The topological polar surface area (TPSA) is 52.7 Å². The van der Waals surface area contributed by atoms with E-state index in [-0.39, 0.29) is 17.3 Å². The largest absolute Gasteiger partial charge is 0.340 e. The molecule has 0 spiro atoms. The molecule has 5 rings (SSSR count). The lowest BCUT2D eigenvalue weighted by atomic mass is 10.2. The number of imide groups is 1. The molecule has 33 heavy (non-hydrogen) atoms. The summed E-state index contributed by atoms with van der Waals surface area (Å²) < 4.78 is 0.931. The first-order valence-corrected chi connectivity index (χ1v) is 13.4. The molecule has 2 heterocycles. The number of halogens is 1. The number of benzene rings is 3. The second-order valence-electron chi connectivity index (χ2n) is 7.76. The van der Waals surface area contributed by atoms with E-state index in [1.165, 1.54) is 37.8 Å². The van der Waals surface area contributed by atoms with Crippen molar-refractivity contribution in [2.45, 2.75) is 21.6 Å². The lowest BCUT2D eigenvalue weighted by molar-refractivity contribution is -0.125.